The van der Waals surface area contributed by atoms with Crippen LogP contribution < -0.4 is 0 Å². The van der Waals surface area contributed by atoms with Crippen LogP contribution >= 0.6 is 0 Å². The quantitative estimate of drug-likeness (QED) is 0.848. The fourth-order valence-electron chi connectivity index (χ4n) is 3.93. The van der Waals surface area contributed by atoms with Crippen LogP contribution in [0.15, 0.2) is 30.3 Å². The molecule has 0 spiro atoms. The predicted molar refractivity (Wildman–Crippen MR) is 93.6 cm³/mol. The van der Waals surface area contributed by atoms with E-state index in [1.807, 2.05) is 6.07 Å². The molecular formula is C18H28N2O2S. The standard InChI is InChI=1S/C18H28N2O2S/c1-15(2)12-20-14-17-8-10-19(11-9-18(17)23(20,21)22)13-16-6-4-3-5-7-16/h3-7,15,17-18H,8-14H2,1-2H3/t17-,18-/m1/s1. The maximum absolute atomic E-state index is 12.8. The highest BCUT2D eigenvalue weighted by Crippen LogP contribution is 2.34. The van der Waals surface area contributed by atoms with Gasteiger partial charge < -0.3 is 0 Å². The number of rotatable bonds is 4. The molecule has 0 aromatic heterocycles. The van der Waals surface area contributed by atoms with Crippen LogP contribution in [0.5, 0.6) is 0 Å². The fraction of sp³-hybridized carbons (Fsp3) is 0.667. The lowest BCUT2D eigenvalue weighted by Gasteiger charge is -2.22. The van der Waals surface area contributed by atoms with Crippen molar-refractivity contribution in [1.29, 1.82) is 0 Å². The molecule has 0 saturated carbocycles. The molecule has 2 aliphatic rings. The van der Waals surface area contributed by atoms with Crippen LogP contribution in [0.1, 0.15) is 32.3 Å². The molecule has 0 amide bonds. The van der Waals surface area contributed by atoms with Crippen LogP contribution in [-0.4, -0.2) is 49.1 Å². The van der Waals surface area contributed by atoms with Crippen molar-refractivity contribution >= 4 is 10.0 Å². The molecule has 5 heteroatoms. The number of hydrogen-bond acceptors (Lipinski definition) is 3. The second kappa shape index (κ2) is 6.91. The second-order valence-electron chi connectivity index (χ2n) is 7.39. The molecule has 2 aliphatic heterocycles. The van der Waals surface area contributed by atoms with Gasteiger partial charge in [0.05, 0.1) is 5.25 Å². The van der Waals surface area contributed by atoms with E-state index in [1.165, 1.54) is 5.56 Å². The molecule has 23 heavy (non-hydrogen) atoms. The van der Waals surface area contributed by atoms with Crippen molar-refractivity contribution in [3.63, 3.8) is 0 Å². The Morgan fingerprint density at radius 1 is 1.13 bits per heavy atom. The van der Waals surface area contributed by atoms with Crippen LogP contribution in [-0.2, 0) is 16.6 Å². The molecular weight excluding hydrogens is 308 g/mol. The average molecular weight is 337 g/mol. The summed E-state index contributed by atoms with van der Waals surface area (Å²) in [6.45, 7) is 8.38. The first-order valence-corrected chi connectivity index (χ1v) is 10.2. The van der Waals surface area contributed by atoms with E-state index in [2.05, 4.69) is 43.0 Å². The first-order valence-electron chi connectivity index (χ1n) is 8.72. The molecule has 0 bridgehead atoms. The van der Waals surface area contributed by atoms with Crippen molar-refractivity contribution in [3.05, 3.63) is 35.9 Å². The minimum atomic E-state index is -3.10. The minimum absolute atomic E-state index is 0.165. The van der Waals surface area contributed by atoms with Gasteiger partial charge in [-0.15, -0.1) is 0 Å². The normalized spacial score (nSPS) is 28.7. The summed E-state index contributed by atoms with van der Waals surface area (Å²) in [7, 11) is -3.10. The Labute approximate surface area is 140 Å². The number of sulfonamides is 1. The Balaban J connectivity index is 1.65. The van der Waals surface area contributed by atoms with Crippen LogP contribution in [0.3, 0.4) is 0 Å². The summed E-state index contributed by atoms with van der Waals surface area (Å²) < 4.78 is 27.3. The highest BCUT2D eigenvalue weighted by molar-refractivity contribution is 7.90. The van der Waals surface area contributed by atoms with Crippen molar-refractivity contribution in [2.75, 3.05) is 26.2 Å². The van der Waals surface area contributed by atoms with E-state index in [4.69, 9.17) is 0 Å². The average Bonchev–Trinajstić information content (AvgIpc) is 2.64. The Hall–Kier alpha value is -0.910. The molecule has 0 radical (unpaired) electrons. The first kappa shape index (κ1) is 16.9. The van der Waals surface area contributed by atoms with Gasteiger partial charge in [0, 0.05) is 19.6 Å². The van der Waals surface area contributed by atoms with Gasteiger partial charge >= 0.3 is 0 Å². The van der Waals surface area contributed by atoms with Crippen molar-refractivity contribution < 1.29 is 8.42 Å². The van der Waals surface area contributed by atoms with Crippen LogP contribution in [0, 0.1) is 11.8 Å². The Bertz CT molecular complexity index is 615. The number of fused-ring (bicyclic) bond motifs is 1. The summed E-state index contributed by atoms with van der Waals surface area (Å²) in [5.74, 6) is 0.696. The highest BCUT2D eigenvalue weighted by atomic mass is 32.2. The van der Waals surface area contributed by atoms with Gasteiger partial charge in [0.1, 0.15) is 0 Å². The zero-order chi connectivity index (χ0) is 16.4. The lowest BCUT2D eigenvalue weighted by atomic mass is 10.0. The summed E-state index contributed by atoms with van der Waals surface area (Å²) in [5, 5.41) is -0.165. The van der Waals surface area contributed by atoms with E-state index in [9.17, 15) is 8.42 Å². The summed E-state index contributed by atoms with van der Waals surface area (Å²) >= 11 is 0. The summed E-state index contributed by atoms with van der Waals surface area (Å²) in [4.78, 5) is 2.41. The number of likely N-dealkylation sites (tertiary alicyclic amines) is 1. The molecule has 128 valence electrons. The lowest BCUT2D eigenvalue weighted by Crippen LogP contribution is -2.34. The Morgan fingerprint density at radius 3 is 2.52 bits per heavy atom. The maximum atomic E-state index is 12.8. The van der Waals surface area contributed by atoms with Crippen LogP contribution in [0.2, 0.25) is 0 Å². The number of hydrogen-bond donors (Lipinski definition) is 0. The molecule has 1 aromatic rings. The van der Waals surface area contributed by atoms with Crippen molar-refractivity contribution in [3.8, 4) is 0 Å². The molecule has 0 N–H and O–H groups in total. The zero-order valence-corrected chi connectivity index (χ0v) is 15.0. The third kappa shape index (κ3) is 3.78. The van der Waals surface area contributed by atoms with Gasteiger partial charge in [0.15, 0.2) is 0 Å². The molecule has 3 rings (SSSR count). The fourth-order valence-corrected chi connectivity index (χ4v) is 6.33. The van der Waals surface area contributed by atoms with Gasteiger partial charge in [-0.1, -0.05) is 44.2 Å². The van der Waals surface area contributed by atoms with Gasteiger partial charge in [0.2, 0.25) is 10.0 Å². The largest absolute Gasteiger partial charge is 0.299 e. The maximum Gasteiger partial charge on any atom is 0.217 e. The number of benzene rings is 1. The zero-order valence-electron chi connectivity index (χ0n) is 14.2. The molecule has 2 atom stereocenters. The van der Waals surface area contributed by atoms with Gasteiger partial charge in [-0.3, -0.25) is 4.90 Å². The minimum Gasteiger partial charge on any atom is -0.299 e. The van der Waals surface area contributed by atoms with E-state index in [0.29, 0.717) is 18.4 Å². The van der Waals surface area contributed by atoms with E-state index in [1.54, 1.807) is 4.31 Å². The molecule has 0 unspecified atom stereocenters. The van der Waals surface area contributed by atoms with Crippen LogP contribution in [0.25, 0.3) is 0 Å². The van der Waals surface area contributed by atoms with Gasteiger partial charge in [-0.25, -0.2) is 12.7 Å². The monoisotopic (exact) mass is 336 g/mol. The predicted octanol–water partition coefficient (Wildman–Crippen LogP) is 2.57. The molecule has 4 nitrogen and oxygen atoms in total. The van der Waals surface area contributed by atoms with Gasteiger partial charge in [-0.2, -0.15) is 0 Å². The topological polar surface area (TPSA) is 40.6 Å². The lowest BCUT2D eigenvalue weighted by molar-refractivity contribution is 0.265. The van der Waals surface area contributed by atoms with Crippen molar-refractivity contribution in [1.82, 2.24) is 9.21 Å². The van der Waals surface area contributed by atoms with Gasteiger partial charge in [-0.05, 0) is 43.3 Å². The van der Waals surface area contributed by atoms with Crippen molar-refractivity contribution in [2.45, 2.75) is 38.5 Å². The Morgan fingerprint density at radius 2 is 1.83 bits per heavy atom. The third-order valence-electron chi connectivity index (χ3n) is 5.07. The molecule has 2 fully saturated rings. The van der Waals surface area contributed by atoms with E-state index in [-0.39, 0.29) is 5.25 Å². The van der Waals surface area contributed by atoms with E-state index >= 15 is 0 Å². The highest BCUT2D eigenvalue weighted by Gasteiger charge is 2.46. The Kier molecular flexibility index (Phi) is 5.09. The van der Waals surface area contributed by atoms with Gasteiger partial charge in [0.25, 0.3) is 0 Å². The number of nitrogens with zero attached hydrogens (tertiary/aromatic N) is 2. The smallest absolute Gasteiger partial charge is 0.217 e. The van der Waals surface area contributed by atoms with E-state index < -0.39 is 10.0 Å². The summed E-state index contributed by atoms with van der Waals surface area (Å²) in [6.07, 6.45) is 1.76. The summed E-state index contributed by atoms with van der Waals surface area (Å²) in [6, 6.07) is 10.5. The molecule has 2 heterocycles. The molecule has 0 aliphatic carbocycles. The first-order chi connectivity index (χ1) is 11.0. The SMILES string of the molecule is CC(C)CN1C[C@H]2CCN(Cc3ccccc3)CC[C@H]2S1(=O)=O. The van der Waals surface area contributed by atoms with Crippen LogP contribution in [0.4, 0.5) is 0 Å². The summed E-state index contributed by atoms with van der Waals surface area (Å²) in [5.41, 5.74) is 1.31. The molecule has 2 saturated heterocycles. The van der Waals surface area contributed by atoms with E-state index in [0.717, 1.165) is 39.0 Å². The third-order valence-corrected chi connectivity index (χ3v) is 7.47. The molecule has 1 aromatic carbocycles. The van der Waals surface area contributed by atoms with Crippen molar-refractivity contribution in [2.24, 2.45) is 11.8 Å². The second-order valence-corrected chi connectivity index (χ2v) is 9.55.